The number of nitrogens with one attached hydrogen (secondary N) is 2. The first kappa shape index (κ1) is 28.5. The van der Waals surface area contributed by atoms with Crippen molar-refractivity contribution < 1.29 is 22.7 Å². The number of fused-ring (bicyclic) bond motifs is 1. The zero-order valence-corrected chi connectivity index (χ0v) is 23.4. The third-order valence-electron chi connectivity index (χ3n) is 7.81. The number of piperazine rings is 1. The van der Waals surface area contributed by atoms with Crippen LogP contribution < -0.4 is 15.0 Å². The highest BCUT2D eigenvalue weighted by molar-refractivity contribution is 6.04. The van der Waals surface area contributed by atoms with Crippen LogP contribution in [0.4, 0.5) is 24.5 Å². The number of H-pyrrole nitrogens is 1. The highest BCUT2D eigenvalue weighted by Crippen LogP contribution is 2.39. The maximum atomic E-state index is 14.1. The number of hydrogen-bond acceptors (Lipinski definition) is 5. The summed E-state index contributed by atoms with van der Waals surface area (Å²) in [5.74, 6) is 0.302. The van der Waals surface area contributed by atoms with Crippen molar-refractivity contribution in [1.29, 1.82) is 0 Å². The van der Waals surface area contributed by atoms with Gasteiger partial charge in [0.25, 0.3) is 5.91 Å². The maximum absolute atomic E-state index is 14.1. The molecule has 1 amide bonds. The molecule has 4 aromatic rings. The Morgan fingerprint density at radius 3 is 2.51 bits per heavy atom. The topological polar surface area (TPSA) is 73.5 Å². The zero-order valence-electron chi connectivity index (χ0n) is 23.4. The number of likely N-dealkylation sites (N-methyl/N-ethyl adjacent to an activating group) is 1. The van der Waals surface area contributed by atoms with Crippen molar-refractivity contribution >= 4 is 28.3 Å². The van der Waals surface area contributed by atoms with Crippen LogP contribution in [0.15, 0.2) is 54.9 Å². The van der Waals surface area contributed by atoms with E-state index in [2.05, 4.69) is 20.2 Å². The van der Waals surface area contributed by atoms with Crippen molar-refractivity contribution in [3.05, 3.63) is 82.7 Å². The Morgan fingerprint density at radius 2 is 1.80 bits per heavy atom. The van der Waals surface area contributed by atoms with Crippen LogP contribution in [-0.4, -0.2) is 60.6 Å². The number of nitrogens with zero attached hydrogens (tertiary/aromatic N) is 3. The fourth-order valence-electron chi connectivity index (χ4n) is 5.42. The number of rotatable bonds is 8. The lowest BCUT2D eigenvalue weighted by Crippen LogP contribution is -2.46. The summed E-state index contributed by atoms with van der Waals surface area (Å²) in [6.07, 6.45) is 0.337. The number of aromatic amines is 1. The number of carbonyl (C=O) groups is 1. The van der Waals surface area contributed by atoms with Crippen molar-refractivity contribution in [2.45, 2.75) is 32.9 Å². The van der Waals surface area contributed by atoms with Crippen molar-refractivity contribution in [1.82, 2.24) is 14.9 Å². The van der Waals surface area contributed by atoms with Gasteiger partial charge in [0.1, 0.15) is 11.4 Å². The number of ether oxygens (including phenoxy) is 1. The fourth-order valence-corrected chi connectivity index (χ4v) is 5.42. The second kappa shape index (κ2) is 11.8. The van der Waals surface area contributed by atoms with Gasteiger partial charge in [0, 0.05) is 61.1 Å². The molecular formula is C31H34F3N5O2. The molecule has 1 fully saturated rings. The van der Waals surface area contributed by atoms with Gasteiger partial charge in [-0.25, -0.2) is 4.98 Å². The summed E-state index contributed by atoms with van der Waals surface area (Å²) in [5, 5.41) is 3.58. The minimum atomic E-state index is -4.55. The number of anilines is 2. The number of aryl methyl sites for hydroxylation is 3. The van der Waals surface area contributed by atoms with Crippen LogP contribution in [0, 0.1) is 6.92 Å². The second-order valence-corrected chi connectivity index (χ2v) is 10.3. The Morgan fingerprint density at radius 1 is 1.05 bits per heavy atom. The minimum absolute atomic E-state index is 0.107. The van der Waals surface area contributed by atoms with E-state index in [0.717, 1.165) is 46.1 Å². The molecular weight excluding hydrogens is 531 g/mol. The molecule has 0 radical (unpaired) electrons. The third kappa shape index (κ3) is 6.17. The quantitative estimate of drug-likeness (QED) is 0.271. The van der Waals surface area contributed by atoms with Crippen LogP contribution in [0.5, 0.6) is 5.75 Å². The molecule has 2 aromatic carbocycles. The Kier molecular flexibility index (Phi) is 8.21. The Labute approximate surface area is 237 Å². The van der Waals surface area contributed by atoms with E-state index in [1.165, 1.54) is 6.07 Å². The lowest BCUT2D eigenvalue weighted by atomic mass is 9.98. The highest BCUT2D eigenvalue weighted by Gasteiger charge is 2.36. The van der Waals surface area contributed by atoms with Crippen molar-refractivity contribution in [3.63, 3.8) is 0 Å². The smallest absolute Gasteiger partial charge is 0.418 e. The van der Waals surface area contributed by atoms with Gasteiger partial charge in [-0.1, -0.05) is 13.0 Å². The lowest BCUT2D eigenvalue weighted by Gasteiger charge is -2.36. The predicted molar refractivity (Wildman–Crippen MR) is 155 cm³/mol. The van der Waals surface area contributed by atoms with Gasteiger partial charge in [-0.05, 0) is 73.8 Å². The van der Waals surface area contributed by atoms with Gasteiger partial charge < -0.3 is 24.8 Å². The van der Waals surface area contributed by atoms with E-state index in [4.69, 9.17) is 4.74 Å². The Balaban J connectivity index is 1.32. The Hall–Kier alpha value is -4.05. The molecule has 41 heavy (non-hydrogen) atoms. The average molecular weight is 566 g/mol. The number of carbonyl (C=O) groups excluding carboxylic acids is 1. The molecule has 0 bridgehead atoms. The van der Waals surface area contributed by atoms with E-state index in [-0.39, 0.29) is 11.4 Å². The van der Waals surface area contributed by atoms with Gasteiger partial charge in [-0.15, -0.1) is 0 Å². The van der Waals surface area contributed by atoms with Crippen LogP contribution in [0.25, 0.3) is 11.0 Å². The molecule has 216 valence electrons. The largest absolute Gasteiger partial charge is 0.496 e. The fraction of sp³-hybridized carbons (Fsp3) is 0.355. The van der Waals surface area contributed by atoms with Crippen LogP contribution in [0.3, 0.4) is 0 Å². The molecule has 2 N–H and O–H groups in total. The number of pyridine rings is 1. The standard InChI is InChI=1S/C31H34F3N5O2/c1-4-38-13-15-39(16-14-38)27-10-9-24(18-26(27)31(32,33)34)37-30(40)22-6-5-20(2)21(17-22)7-8-23-19-36-29-25(11-12-35-29)28(23)41-3/h5-6,9-12,17-19H,4,7-8,13-16H2,1-3H3,(H,35,36)(H,37,40). The van der Waals surface area contributed by atoms with Crippen molar-refractivity contribution in [2.24, 2.45) is 0 Å². The molecule has 5 rings (SSSR count). The molecule has 0 atom stereocenters. The van der Waals surface area contributed by atoms with Gasteiger partial charge in [0.05, 0.1) is 18.1 Å². The van der Waals surface area contributed by atoms with E-state index in [0.29, 0.717) is 44.6 Å². The average Bonchev–Trinajstić information content (AvgIpc) is 3.45. The van der Waals surface area contributed by atoms with E-state index >= 15 is 0 Å². The van der Waals surface area contributed by atoms with Gasteiger partial charge in [-0.2, -0.15) is 13.2 Å². The molecule has 7 nitrogen and oxygen atoms in total. The lowest BCUT2D eigenvalue weighted by molar-refractivity contribution is -0.137. The number of amides is 1. The van der Waals surface area contributed by atoms with Crippen LogP contribution >= 0.6 is 0 Å². The van der Waals surface area contributed by atoms with E-state index in [9.17, 15) is 18.0 Å². The summed E-state index contributed by atoms with van der Waals surface area (Å²) in [6.45, 7) is 7.37. The Bertz CT molecular complexity index is 1540. The number of aromatic nitrogens is 2. The number of benzene rings is 2. The van der Waals surface area contributed by atoms with Crippen LogP contribution in [0.2, 0.25) is 0 Å². The molecule has 0 unspecified atom stereocenters. The van der Waals surface area contributed by atoms with Gasteiger partial charge >= 0.3 is 6.18 Å². The summed E-state index contributed by atoms with van der Waals surface area (Å²) in [4.78, 5) is 24.7. The van der Waals surface area contributed by atoms with Crippen molar-refractivity contribution in [3.8, 4) is 5.75 Å². The van der Waals surface area contributed by atoms with E-state index in [1.807, 2.05) is 32.2 Å². The monoisotopic (exact) mass is 565 g/mol. The molecule has 2 aromatic heterocycles. The molecule has 10 heteroatoms. The van der Waals surface area contributed by atoms with Gasteiger partial charge in [0.15, 0.2) is 0 Å². The first-order valence-corrected chi connectivity index (χ1v) is 13.8. The molecule has 3 heterocycles. The highest BCUT2D eigenvalue weighted by atomic mass is 19.4. The van der Waals surface area contributed by atoms with Gasteiger partial charge in [-0.3, -0.25) is 4.79 Å². The number of hydrogen-bond donors (Lipinski definition) is 2. The normalized spacial score (nSPS) is 14.4. The number of alkyl halides is 3. The third-order valence-corrected chi connectivity index (χ3v) is 7.81. The number of halogens is 3. The maximum Gasteiger partial charge on any atom is 0.418 e. The summed E-state index contributed by atoms with van der Waals surface area (Å²) in [5.41, 5.74) is 3.57. The molecule has 0 saturated carbocycles. The summed E-state index contributed by atoms with van der Waals surface area (Å²) >= 11 is 0. The second-order valence-electron chi connectivity index (χ2n) is 10.3. The molecule has 0 spiro atoms. The van der Waals surface area contributed by atoms with E-state index in [1.54, 1.807) is 36.4 Å². The molecule has 1 aliphatic rings. The molecule has 1 saturated heterocycles. The first-order valence-electron chi connectivity index (χ1n) is 13.8. The van der Waals surface area contributed by atoms with Crippen molar-refractivity contribution in [2.75, 3.05) is 50.1 Å². The summed E-state index contributed by atoms with van der Waals surface area (Å²) in [7, 11) is 1.63. The molecule has 0 aliphatic carbocycles. The minimum Gasteiger partial charge on any atom is -0.496 e. The van der Waals surface area contributed by atoms with E-state index < -0.39 is 17.6 Å². The van der Waals surface area contributed by atoms with Crippen LogP contribution in [0.1, 0.15) is 39.5 Å². The van der Waals surface area contributed by atoms with Crippen LogP contribution in [-0.2, 0) is 19.0 Å². The summed E-state index contributed by atoms with van der Waals surface area (Å²) < 4.78 is 47.8. The summed E-state index contributed by atoms with van der Waals surface area (Å²) in [6, 6.07) is 11.3. The zero-order chi connectivity index (χ0) is 29.1. The molecule has 1 aliphatic heterocycles. The first-order chi connectivity index (χ1) is 19.7. The van der Waals surface area contributed by atoms with Gasteiger partial charge in [0.2, 0.25) is 0 Å². The predicted octanol–water partition coefficient (Wildman–Crippen LogP) is 6.08. The SMILES string of the molecule is CCN1CCN(c2ccc(NC(=O)c3ccc(C)c(CCc4cnc5[nH]ccc5c4OC)c3)cc2C(F)(F)F)CC1. The number of methoxy groups -OCH3 is 1.